The Kier molecular flexibility index (Phi) is 6.19. The van der Waals surface area contributed by atoms with Crippen LogP contribution in [0, 0.1) is 0 Å². The van der Waals surface area contributed by atoms with Gasteiger partial charge in [-0.25, -0.2) is 17.5 Å². The van der Waals surface area contributed by atoms with Crippen molar-refractivity contribution in [2.24, 2.45) is 0 Å². The Hall–Kier alpha value is -2.91. The molecule has 0 fully saturated rings. The van der Waals surface area contributed by atoms with Crippen molar-refractivity contribution in [3.05, 3.63) is 54.1 Å². The fraction of sp³-hybridized carbons (Fsp3) is 0.222. The van der Waals surface area contributed by atoms with Crippen molar-refractivity contribution in [2.75, 3.05) is 19.4 Å². The Labute approximate surface area is 157 Å². The Bertz CT molecular complexity index is 939. The predicted octanol–water partition coefficient (Wildman–Crippen LogP) is 1.83. The number of ether oxygens (including phenoxy) is 1. The van der Waals surface area contributed by atoms with Crippen LogP contribution in [0.3, 0.4) is 0 Å². The molecule has 0 bridgehead atoms. The van der Waals surface area contributed by atoms with E-state index in [9.17, 15) is 23.1 Å². The molecule has 1 amide bonds. The lowest BCUT2D eigenvalue weighted by atomic mass is 10.2. The third-order valence-corrected chi connectivity index (χ3v) is 5.45. The van der Waals surface area contributed by atoms with E-state index in [1.54, 1.807) is 0 Å². The summed E-state index contributed by atoms with van der Waals surface area (Å²) >= 11 is 0. The average molecular weight is 392 g/mol. The summed E-state index contributed by atoms with van der Waals surface area (Å²) in [6.07, 6.45) is -1.11. The maximum Gasteiger partial charge on any atom is 0.338 e. The van der Waals surface area contributed by atoms with Crippen molar-refractivity contribution in [3.63, 3.8) is 0 Å². The second-order valence-corrected chi connectivity index (χ2v) is 8.05. The lowest BCUT2D eigenvalue weighted by Crippen LogP contribution is -2.30. The molecule has 0 radical (unpaired) electrons. The number of hydrogen-bond acceptors (Lipinski definition) is 6. The van der Waals surface area contributed by atoms with Crippen LogP contribution in [0.4, 0.5) is 5.69 Å². The zero-order valence-electron chi connectivity index (χ0n) is 15.0. The van der Waals surface area contributed by atoms with Gasteiger partial charge in [0.2, 0.25) is 10.0 Å². The summed E-state index contributed by atoms with van der Waals surface area (Å²) in [5.74, 6) is -1.33. The maximum absolute atomic E-state index is 12.2. The summed E-state index contributed by atoms with van der Waals surface area (Å²) in [5, 5.41) is 11.7. The normalized spacial score (nSPS) is 12.4. The topological polar surface area (TPSA) is 113 Å². The van der Waals surface area contributed by atoms with Gasteiger partial charge in [-0.1, -0.05) is 6.07 Å². The van der Waals surface area contributed by atoms with E-state index in [1.165, 1.54) is 69.6 Å². The van der Waals surface area contributed by atoms with E-state index in [0.29, 0.717) is 0 Å². The minimum atomic E-state index is -3.64. The van der Waals surface area contributed by atoms with Crippen LogP contribution in [-0.2, 0) is 19.6 Å². The number of carbonyl (C=O) groups is 2. The Balaban J connectivity index is 2.06. The number of phenols is 1. The van der Waals surface area contributed by atoms with Gasteiger partial charge in [-0.05, 0) is 49.4 Å². The van der Waals surface area contributed by atoms with Gasteiger partial charge in [0, 0.05) is 19.8 Å². The maximum atomic E-state index is 12.2. The quantitative estimate of drug-likeness (QED) is 0.725. The highest BCUT2D eigenvalue weighted by Crippen LogP contribution is 2.18. The number of carbonyl (C=O) groups excluding carboxylic acids is 2. The molecule has 2 N–H and O–H groups in total. The monoisotopic (exact) mass is 392 g/mol. The molecule has 2 aromatic rings. The number of nitrogens with one attached hydrogen (secondary N) is 1. The van der Waals surface area contributed by atoms with Crippen molar-refractivity contribution < 1.29 is 27.9 Å². The van der Waals surface area contributed by atoms with Gasteiger partial charge in [0.25, 0.3) is 5.91 Å². The molecule has 0 heterocycles. The van der Waals surface area contributed by atoms with E-state index >= 15 is 0 Å². The van der Waals surface area contributed by atoms with E-state index in [0.717, 1.165) is 4.31 Å². The van der Waals surface area contributed by atoms with E-state index in [-0.39, 0.29) is 21.9 Å². The van der Waals surface area contributed by atoms with Gasteiger partial charge >= 0.3 is 5.97 Å². The number of sulfonamides is 1. The zero-order chi connectivity index (χ0) is 20.2. The number of amides is 1. The van der Waals surface area contributed by atoms with E-state index in [4.69, 9.17) is 4.74 Å². The number of rotatable bonds is 6. The van der Waals surface area contributed by atoms with Gasteiger partial charge in [0.05, 0.1) is 10.5 Å². The van der Waals surface area contributed by atoms with Crippen LogP contribution in [0.5, 0.6) is 5.75 Å². The van der Waals surface area contributed by atoms with Crippen molar-refractivity contribution in [3.8, 4) is 5.75 Å². The van der Waals surface area contributed by atoms with Gasteiger partial charge in [-0.15, -0.1) is 0 Å². The van der Waals surface area contributed by atoms with Crippen molar-refractivity contribution in [2.45, 2.75) is 17.9 Å². The lowest BCUT2D eigenvalue weighted by Gasteiger charge is -2.15. The fourth-order valence-electron chi connectivity index (χ4n) is 2.07. The molecule has 27 heavy (non-hydrogen) atoms. The SMILES string of the molecule is C[C@H](OC(=O)c1ccc(O)cc1)C(=O)Nc1cccc(S(=O)(=O)N(C)C)c1. The van der Waals surface area contributed by atoms with Crippen LogP contribution >= 0.6 is 0 Å². The number of hydrogen-bond donors (Lipinski definition) is 2. The van der Waals surface area contributed by atoms with Gasteiger partial charge in [0.15, 0.2) is 6.10 Å². The summed E-state index contributed by atoms with van der Waals surface area (Å²) in [6.45, 7) is 1.40. The molecule has 0 unspecified atom stereocenters. The fourth-order valence-corrected chi connectivity index (χ4v) is 3.02. The molecule has 0 spiro atoms. The summed E-state index contributed by atoms with van der Waals surface area (Å²) in [6, 6.07) is 11.2. The third-order valence-electron chi connectivity index (χ3n) is 3.64. The minimum Gasteiger partial charge on any atom is -0.508 e. The van der Waals surface area contributed by atoms with Crippen LogP contribution in [0.2, 0.25) is 0 Å². The Morgan fingerprint density at radius 1 is 1.11 bits per heavy atom. The number of aromatic hydroxyl groups is 1. The van der Waals surface area contributed by atoms with Crippen LogP contribution in [0.15, 0.2) is 53.4 Å². The molecule has 144 valence electrons. The highest BCUT2D eigenvalue weighted by atomic mass is 32.2. The standard InChI is InChI=1S/C18H20N2O6S/c1-12(26-18(23)13-7-9-15(21)10-8-13)17(22)19-14-5-4-6-16(11-14)27(24,25)20(2)3/h4-12,21H,1-3H3,(H,19,22)/t12-/m0/s1. The van der Waals surface area contributed by atoms with E-state index in [1.807, 2.05) is 0 Å². The highest BCUT2D eigenvalue weighted by molar-refractivity contribution is 7.89. The van der Waals surface area contributed by atoms with Crippen LogP contribution in [0.1, 0.15) is 17.3 Å². The van der Waals surface area contributed by atoms with Gasteiger partial charge in [-0.2, -0.15) is 0 Å². The average Bonchev–Trinajstić information content (AvgIpc) is 2.62. The van der Waals surface area contributed by atoms with Crippen LogP contribution in [-0.4, -0.2) is 49.9 Å². The zero-order valence-corrected chi connectivity index (χ0v) is 15.9. The molecule has 0 saturated carbocycles. The largest absolute Gasteiger partial charge is 0.508 e. The van der Waals surface area contributed by atoms with Gasteiger partial charge in [-0.3, -0.25) is 4.79 Å². The smallest absolute Gasteiger partial charge is 0.338 e. The molecule has 0 aliphatic heterocycles. The third kappa shape index (κ3) is 5.05. The van der Waals surface area contributed by atoms with Crippen molar-refractivity contribution in [1.29, 1.82) is 0 Å². The highest BCUT2D eigenvalue weighted by Gasteiger charge is 2.21. The molecule has 1 atom stereocenters. The summed E-state index contributed by atoms with van der Waals surface area (Å²) in [4.78, 5) is 24.3. The Morgan fingerprint density at radius 2 is 1.74 bits per heavy atom. The van der Waals surface area contributed by atoms with E-state index in [2.05, 4.69) is 5.32 Å². The first kappa shape index (κ1) is 20.4. The molecule has 0 aliphatic rings. The summed E-state index contributed by atoms with van der Waals surface area (Å²) < 4.78 is 30.5. The molecular weight excluding hydrogens is 372 g/mol. The molecule has 0 aliphatic carbocycles. The number of benzene rings is 2. The second kappa shape index (κ2) is 8.19. The van der Waals surface area contributed by atoms with Gasteiger partial charge in [0.1, 0.15) is 5.75 Å². The molecule has 0 saturated heterocycles. The summed E-state index contributed by atoms with van der Waals surface area (Å²) in [7, 11) is -0.821. The molecule has 9 heteroatoms. The number of esters is 1. The number of anilines is 1. The van der Waals surface area contributed by atoms with Crippen molar-refractivity contribution >= 4 is 27.6 Å². The second-order valence-electron chi connectivity index (χ2n) is 5.90. The predicted molar refractivity (Wildman–Crippen MR) is 98.9 cm³/mol. The van der Waals surface area contributed by atoms with Gasteiger partial charge < -0.3 is 15.2 Å². The Morgan fingerprint density at radius 3 is 2.33 bits per heavy atom. The van der Waals surface area contributed by atoms with Crippen molar-refractivity contribution in [1.82, 2.24) is 4.31 Å². The number of phenolic OH excluding ortho intramolecular Hbond substituents is 1. The lowest BCUT2D eigenvalue weighted by molar-refractivity contribution is -0.123. The molecule has 0 aromatic heterocycles. The summed E-state index contributed by atoms with van der Waals surface area (Å²) in [5.41, 5.74) is 0.446. The minimum absolute atomic E-state index is 0.00454. The first-order valence-electron chi connectivity index (χ1n) is 7.94. The molecular formula is C18H20N2O6S. The van der Waals surface area contributed by atoms with Crippen LogP contribution in [0.25, 0.3) is 0 Å². The first-order valence-corrected chi connectivity index (χ1v) is 9.38. The molecule has 8 nitrogen and oxygen atoms in total. The molecule has 2 aromatic carbocycles. The van der Waals surface area contributed by atoms with E-state index < -0.39 is 28.0 Å². The molecule has 2 rings (SSSR count). The number of nitrogens with zero attached hydrogens (tertiary/aromatic N) is 1. The first-order chi connectivity index (χ1) is 12.6. The van der Waals surface area contributed by atoms with Crippen LogP contribution < -0.4 is 5.32 Å².